The van der Waals surface area contributed by atoms with Crippen LogP contribution in [0.3, 0.4) is 0 Å². The van der Waals surface area contributed by atoms with Crippen LogP contribution in [0.25, 0.3) is 10.4 Å². The number of aryl methyl sites for hydroxylation is 2. The Bertz CT molecular complexity index is 927. The summed E-state index contributed by atoms with van der Waals surface area (Å²) in [6.45, 7) is 4.67. The van der Waals surface area contributed by atoms with E-state index in [0.29, 0.717) is 18.0 Å². The van der Waals surface area contributed by atoms with Gasteiger partial charge in [0.05, 0.1) is 19.3 Å². The normalized spacial score (nSPS) is 20.6. The highest BCUT2D eigenvalue weighted by atomic mass is 32.1. The maximum Gasteiger partial charge on any atom is 0.348 e. The van der Waals surface area contributed by atoms with Gasteiger partial charge in [0.2, 0.25) is 0 Å². The van der Waals surface area contributed by atoms with Crippen LogP contribution in [0.4, 0.5) is 0 Å². The Morgan fingerprint density at radius 2 is 1.86 bits per heavy atom. The van der Waals surface area contributed by atoms with E-state index in [1.807, 2.05) is 32.0 Å². The molecule has 1 fully saturated rings. The number of fused-ring (bicyclic) bond motifs is 3. The second-order valence-electron chi connectivity index (χ2n) is 7.62. The molecule has 1 aromatic carbocycles. The Kier molecular flexibility index (Phi) is 5.61. The summed E-state index contributed by atoms with van der Waals surface area (Å²) < 4.78 is 16.3. The Morgan fingerprint density at radius 1 is 1.14 bits per heavy atom. The van der Waals surface area contributed by atoms with Crippen LogP contribution in [0.1, 0.15) is 34.6 Å². The highest BCUT2D eigenvalue weighted by Gasteiger charge is 2.27. The molecule has 4 rings (SSSR count). The predicted octanol–water partition coefficient (Wildman–Crippen LogP) is 3.31. The first-order valence-corrected chi connectivity index (χ1v) is 10.7. The third-order valence-corrected chi connectivity index (χ3v) is 6.52. The van der Waals surface area contributed by atoms with E-state index in [4.69, 9.17) is 14.2 Å². The van der Waals surface area contributed by atoms with Crippen molar-refractivity contribution in [1.82, 2.24) is 4.90 Å². The zero-order valence-corrected chi connectivity index (χ0v) is 17.7. The van der Waals surface area contributed by atoms with E-state index in [1.165, 1.54) is 16.9 Å². The average Bonchev–Trinajstić information content (AvgIpc) is 3.15. The highest BCUT2D eigenvalue weighted by Crippen LogP contribution is 2.41. The number of amides is 1. The van der Waals surface area contributed by atoms with E-state index in [-0.39, 0.29) is 24.7 Å². The number of benzene rings is 1. The summed E-state index contributed by atoms with van der Waals surface area (Å²) in [5.74, 6) is 0.218. The number of carbonyl (C=O) groups excluding carboxylic acids is 2. The van der Waals surface area contributed by atoms with Crippen molar-refractivity contribution in [2.45, 2.75) is 38.9 Å². The van der Waals surface area contributed by atoms with E-state index in [0.717, 1.165) is 34.6 Å². The van der Waals surface area contributed by atoms with Crippen molar-refractivity contribution in [3.05, 3.63) is 40.3 Å². The molecule has 1 amide bonds. The summed E-state index contributed by atoms with van der Waals surface area (Å²) in [5, 5.41) is 0. The molecule has 0 saturated carbocycles. The van der Waals surface area contributed by atoms with Gasteiger partial charge in [-0.3, -0.25) is 4.79 Å². The van der Waals surface area contributed by atoms with Gasteiger partial charge in [-0.05, 0) is 67.6 Å². The summed E-state index contributed by atoms with van der Waals surface area (Å²) >= 11 is 1.43. The van der Waals surface area contributed by atoms with E-state index in [9.17, 15) is 9.59 Å². The van der Waals surface area contributed by atoms with Gasteiger partial charge in [-0.15, -0.1) is 11.3 Å². The smallest absolute Gasteiger partial charge is 0.348 e. The van der Waals surface area contributed by atoms with Gasteiger partial charge in [0.25, 0.3) is 5.91 Å². The largest absolute Gasteiger partial charge is 0.497 e. The fourth-order valence-corrected chi connectivity index (χ4v) is 5.17. The van der Waals surface area contributed by atoms with Gasteiger partial charge in [0.15, 0.2) is 6.61 Å². The molecule has 154 valence electrons. The summed E-state index contributed by atoms with van der Waals surface area (Å²) in [4.78, 5) is 28.3. The van der Waals surface area contributed by atoms with Crippen molar-refractivity contribution in [3.63, 3.8) is 0 Å². The van der Waals surface area contributed by atoms with E-state index >= 15 is 0 Å². The van der Waals surface area contributed by atoms with Gasteiger partial charge >= 0.3 is 5.97 Å². The molecule has 0 spiro atoms. The number of morpholine rings is 1. The van der Waals surface area contributed by atoms with Gasteiger partial charge in [-0.2, -0.15) is 0 Å². The third-order valence-electron chi connectivity index (χ3n) is 5.33. The lowest BCUT2D eigenvalue weighted by molar-refractivity contribution is -0.146. The molecule has 1 aliphatic heterocycles. The summed E-state index contributed by atoms with van der Waals surface area (Å²) in [7, 11) is 1.66. The average molecular weight is 416 g/mol. The molecule has 7 heteroatoms. The third kappa shape index (κ3) is 4.16. The molecule has 6 nitrogen and oxygen atoms in total. The molecule has 1 aliphatic carbocycles. The molecule has 2 heterocycles. The lowest BCUT2D eigenvalue weighted by Gasteiger charge is -2.35. The number of rotatable bonds is 4. The van der Waals surface area contributed by atoms with Crippen LogP contribution in [0, 0.1) is 0 Å². The molecule has 1 aromatic heterocycles. The number of nitrogens with zero attached hydrogens (tertiary/aromatic N) is 1. The van der Waals surface area contributed by atoms with E-state index in [1.54, 1.807) is 12.0 Å². The topological polar surface area (TPSA) is 65.1 Å². The van der Waals surface area contributed by atoms with Crippen molar-refractivity contribution >= 4 is 23.2 Å². The number of ether oxygens (including phenoxy) is 3. The zero-order valence-electron chi connectivity index (χ0n) is 16.9. The second kappa shape index (κ2) is 8.16. The van der Waals surface area contributed by atoms with Crippen LogP contribution in [0.5, 0.6) is 5.75 Å². The SMILES string of the molecule is COc1ccc2c(c1)CCc1cc(C(=O)OCC(=O)N3C[C@H](C)O[C@@H](C)C3)sc1-2. The quantitative estimate of drug-likeness (QED) is 0.717. The maximum atomic E-state index is 12.6. The molecule has 0 unspecified atom stereocenters. The Hall–Kier alpha value is -2.38. The maximum absolute atomic E-state index is 12.6. The summed E-state index contributed by atoms with van der Waals surface area (Å²) in [6.07, 6.45) is 1.76. The number of hydrogen-bond donors (Lipinski definition) is 0. The van der Waals surface area contributed by atoms with Crippen LogP contribution in [-0.4, -0.2) is 55.8 Å². The standard InChI is InChI=1S/C22H25NO5S/c1-13-10-23(11-14(2)28-13)20(24)12-27-22(25)19-9-16-5-4-15-8-17(26-3)6-7-18(15)21(16)29-19/h6-9,13-14H,4-5,10-12H2,1-3H3/t13-,14-/m0/s1. The van der Waals surface area contributed by atoms with E-state index in [2.05, 4.69) is 6.07 Å². The molecule has 2 aromatic rings. The van der Waals surface area contributed by atoms with Crippen molar-refractivity contribution in [3.8, 4) is 16.2 Å². The van der Waals surface area contributed by atoms with Crippen molar-refractivity contribution in [1.29, 1.82) is 0 Å². The summed E-state index contributed by atoms with van der Waals surface area (Å²) in [5.41, 5.74) is 3.52. The minimum absolute atomic E-state index is 0.0129. The molecule has 0 bridgehead atoms. The Balaban J connectivity index is 1.43. The molecular formula is C22H25NO5S. The van der Waals surface area contributed by atoms with Gasteiger partial charge in [-0.1, -0.05) is 0 Å². The number of hydrogen-bond acceptors (Lipinski definition) is 6. The van der Waals surface area contributed by atoms with Crippen LogP contribution < -0.4 is 4.74 Å². The van der Waals surface area contributed by atoms with Gasteiger partial charge < -0.3 is 19.1 Å². The Morgan fingerprint density at radius 3 is 2.59 bits per heavy atom. The molecule has 2 atom stereocenters. The van der Waals surface area contributed by atoms with E-state index < -0.39 is 5.97 Å². The molecule has 0 N–H and O–H groups in total. The second-order valence-corrected chi connectivity index (χ2v) is 8.67. The molecule has 29 heavy (non-hydrogen) atoms. The fourth-order valence-electron chi connectivity index (χ4n) is 4.01. The van der Waals surface area contributed by atoms with Crippen LogP contribution >= 0.6 is 11.3 Å². The number of carbonyl (C=O) groups is 2. The highest BCUT2D eigenvalue weighted by molar-refractivity contribution is 7.17. The van der Waals surface area contributed by atoms with Gasteiger partial charge in [-0.25, -0.2) is 4.79 Å². The first kappa shape index (κ1) is 19.9. The van der Waals surface area contributed by atoms with Crippen molar-refractivity contribution in [2.75, 3.05) is 26.8 Å². The summed E-state index contributed by atoms with van der Waals surface area (Å²) in [6, 6.07) is 7.94. The lowest BCUT2D eigenvalue weighted by atomic mass is 9.91. The first-order chi connectivity index (χ1) is 13.9. The zero-order chi connectivity index (χ0) is 20.5. The van der Waals surface area contributed by atoms with Crippen LogP contribution in [0.15, 0.2) is 24.3 Å². The first-order valence-electron chi connectivity index (χ1n) is 9.85. The van der Waals surface area contributed by atoms with Crippen molar-refractivity contribution in [2.24, 2.45) is 0 Å². The van der Waals surface area contributed by atoms with Gasteiger partial charge in [0.1, 0.15) is 10.6 Å². The minimum Gasteiger partial charge on any atom is -0.497 e. The fraction of sp³-hybridized carbons (Fsp3) is 0.455. The molecule has 0 radical (unpaired) electrons. The lowest BCUT2D eigenvalue weighted by Crippen LogP contribution is -2.49. The Labute approximate surface area is 174 Å². The predicted molar refractivity (Wildman–Crippen MR) is 111 cm³/mol. The number of thiophene rings is 1. The number of esters is 1. The molecular weight excluding hydrogens is 390 g/mol. The van der Waals surface area contributed by atoms with Crippen LogP contribution in [0.2, 0.25) is 0 Å². The monoisotopic (exact) mass is 415 g/mol. The molecule has 2 aliphatic rings. The van der Waals surface area contributed by atoms with Gasteiger partial charge in [0, 0.05) is 18.0 Å². The van der Waals surface area contributed by atoms with Crippen molar-refractivity contribution < 1.29 is 23.8 Å². The molecule has 1 saturated heterocycles. The minimum atomic E-state index is -0.442. The van der Waals surface area contributed by atoms with Crippen LogP contribution in [-0.2, 0) is 27.1 Å². The number of methoxy groups -OCH3 is 1.